The fourth-order valence-corrected chi connectivity index (χ4v) is 2.15. The van der Waals surface area contributed by atoms with Crippen LogP contribution >= 0.6 is 0 Å². The summed E-state index contributed by atoms with van der Waals surface area (Å²) in [5.74, 6) is -2.60. The van der Waals surface area contributed by atoms with Crippen LogP contribution in [0.15, 0.2) is 0 Å². The molecule has 6 heteroatoms. The van der Waals surface area contributed by atoms with Gasteiger partial charge in [0.1, 0.15) is 6.04 Å². The largest absolute Gasteiger partial charge is 0.480 e. The molecule has 4 N–H and O–H groups in total. The molecule has 0 heterocycles. The highest BCUT2D eigenvalue weighted by Crippen LogP contribution is 2.27. The van der Waals surface area contributed by atoms with E-state index in [-0.39, 0.29) is 0 Å². The van der Waals surface area contributed by atoms with Gasteiger partial charge in [0.25, 0.3) is 0 Å². The molecule has 0 aromatic heterocycles. The zero-order valence-corrected chi connectivity index (χ0v) is 8.93. The van der Waals surface area contributed by atoms with E-state index in [1.807, 2.05) is 0 Å². The molecule has 0 spiro atoms. The van der Waals surface area contributed by atoms with Crippen molar-refractivity contribution in [2.24, 2.45) is 5.92 Å². The average molecular weight is 231 g/mol. The number of hydrogen-bond donors (Lipinski definition) is 4. The standard InChI is InChI=1S/C10H17NO5/c12-7-4-2-1-3-6(7)9(10(15)16)11-5-8(13)14/h6-7,9,11-12H,1-5H2,(H,13,14)(H,15,16). The Morgan fingerprint density at radius 2 is 1.88 bits per heavy atom. The summed E-state index contributed by atoms with van der Waals surface area (Å²) in [7, 11) is 0. The van der Waals surface area contributed by atoms with Crippen molar-refractivity contribution in [3.05, 3.63) is 0 Å². The zero-order chi connectivity index (χ0) is 12.1. The number of rotatable bonds is 5. The van der Waals surface area contributed by atoms with Crippen molar-refractivity contribution in [3.63, 3.8) is 0 Å². The molecule has 3 unspecified atom stereocenters. The highest BCUT2D eigenvalue weighted by molar-refractivity contribution is 5.76. The number of aliphatic hydroxyl groups is 1. The number of hydrogen-bond acceptors (Lipinski definition) is 4. The first kappa shape index (κ1) is 12.9. The summed E-state index contributed by atoms with van der Waals surface area (Å²) in [6.45, 7) is -0.403. The molecule has 0 aliphatic heterocycles. The van der Waals surface area contributed by atoms with Crippen LogP contribution in [0.3, 0.4) is 0 Å². The highest BCUT2D eigenvalue weighted by Gasteiger charge is 2.34. The zero-order valence-electron chi connectivity index (χ0n) is 8.93. The molecule has 1 aliphatic rings. The minimum atomic E-state index is -1.10. The summed E-state index contributed by atoms with van der Waals surface area (Å²) in [6.07, 6.45) is 2.31. The number of carboxylic acids is 2. The van der Waals surface area contributed by atoms with Gasteiger partial charge in [-0.05, 0) is 12.8 Å². The van der Waals surface area contributed by atoms with Gasteiger partial charge in [0.2, 0.25) is 0 Å². The molecule has 6 nitrogen and oxygen atoms in total. The van der Waals surface area contributed by atoms with Gasteiger partial charge in [0.05, 0.1) is 12.6 Å². The van der Waals surface area contributed by atoms with Crippen LogP contribution in [0.25, 0.3) is 0 Å². The van der Waals surface area contributed by atoms with Gasteiger partial charge in [-0.15, -0.1) is 0 Å². The molecule has 0 bridgehead atoms. The van der Waals surface area contributed by atoms with E-state index in [1.54, 1.807) is 0 Å². The first-order chi connectivity index (χ1) is 7.52. The fourth-order valence-electron chi connectivity index (χ4n) is 2.15. The van der Waals surface area contributed by atoms with E-state index in [1.165, 1.54) is 0 Å². The first-order valence-electron chi connectivity index (χ1n) is 5.38. The lowest BCUT2D eigenvalue weighted by molar-refractivity contribution is -0.144. The Bertz CT molecular complexity index is 268. The second kappa shape index (κ2) is 5.81. The van der Waals surface area contributed by atoms with E-state index in [0.717, 1.165) is 12.8 Å². The minimum Gasteiger partial charge on any atom is -0.480 e. The number of aliphatic carboxylic acids is 2. The topological polar surface area (TPSA) is 107 Å². The normalized spacial score (nSPS) is 27.3. The summed E-state index contributed by atoms with van der Waals surface area (Å²) < 4.78 is 0. The molecule has 0 aromatic rings. The van der Waals surface area contributed by atoms with Crippen molar-refractivity contribution in [2.45, 2.75) is 37.8 Å². The second-order valence-corrected chi connectivity index (χ2v) is 4.11. The van der Waals surface area contributed by atoms with E-state index >= 15 is 0 Å². The maximum Gasteiger partial charge on any atom is 0.321 e. The molecule has 0 amide bonds. The minimum absolute atomic E-state index is 0.398. The van der Waals surface area contributed by atoms with E-state index in [4.69, 9.17) is 10.2 Å². The van der Waals surface area contributed by atoms with Gasteiger partial charge in [-0.2, -0.15) is 0 Å². The maximum absolute atomic E-state index is 11.0. The molecule has 0 radical (unpaired) electrons. The third-order valence-corrected chi connectivity index (χ3v) is 2.95. The molecule has 16 heavy (non-hydrogen) atoms. The SMILES string of the molecule is O=C(O)CNC(C(=O)O)C1CCCCC1O. The molecular weight excluding hydrogens is 214 g/mol. The third kappa shape index (κ3) is 3.46. The molecule has 1 rings (SSSR count). The molecule has 3 atom stereocenters. The van der Waals surface area contributed by atoms with Crippen LogP contribution in [-0.4, -0.2) is 45.9 Å². The van der Waals surface area contributed by atoms with E-state index in [0.29, 0.717) is 12.8 Å². The molecule has 1 fully saturated rings. The Morgan fingerprint density at radius 3 is 2.38 bits per heavy atom. The van der Waals surface area contributed by atoms with Crippen LogP contribution in [0, 0.1) is 5.92 Å². The quantitative estimate of drug-likeness (QED) is 0.516. The Balaban J connectivity index is 2.60. The number of nitrogens with one attached hydrogen (secondary N) is 1. The highest BCUT2D eigenvalue weighted by atomic mass is 16.4. The van der Waals surface area contributed by atoms with E-state index in [9.17, 15) is 14.7 Å². The smallest absolute Gasteiger partial charge is 0.321 e. The van der Waals surface area contributed by atoms with Crippen LogP contribution in [0.4, 0.5) is 0 Å². The average Bonchev–Trinajstić information content (AvgIpc) is 2.20. The predicted molar refractivity (Wildman–Crippen MR) is 55.0 cm³/mol. The molecule has 1 saturated carbocycles. The molecular formula is C10H17NO5. The third-order valence-electron chi connectivity index (χ3n) is 2.95. The van der Waals surface area contributed by atoms with Crippen molar-refractivity contribution < 1.29 is 24.9 Å². The lowest BCUT2D eigenvalue weighted by Crippen LogP contribution is -2.49. The lowest BCUT2D eigenvalue weighted by Gasteiger charge is -2.32. The lowest BCUT2D eigenvalue weighted by atomic mass is 9.81. The van der Waals surface area contributed by atoms with Crippen LogP contribution in [-0.2, 0) is 9.59 Å². The van der Waals surface area contributed by atoms with E-state index in [2.05, 4.69) is 5.32 Å². The number of carbonyl (C=O) groups is 2. The number of carboxylic acid groups (broad SMARTS) is 2. The van der Waals surface area contributed by atoms with Gasteiger partial charge >= 0.3 is 11.9 Å². The van der Waals surface area contributed by atoms with Crippen molar-refractivity contribution in [1.29, 1.82) is 0 Å². The molecule has 92 valence electrons. The summed E-state index contributed by atoms with van der Waals surface area (Å²) in [5, 5.41) is 29.6. The summed E-state index contributed by atoms with van der Waals surface area (Å²) in [4.78, 5) is 21.4. The van der Waals surface area contributed by atoms with Crippen molar-refractivity contribution in [2.75, 3.05) is 6.54 Å². The summed E-state index contributed by atoms with van der Waals surface area (Å²) in [5.41, 5.74) is 0. The van der Waals surface area contributed by atoms with Crippen molar-refractivity contribution in [3.8, 4) is 0 Å². The predicted octanol–water partition coefficient (Wildman–Crippen LogP) is -0.335. The van der Waals surface area contributed by atoms with Gasteiger partial charge in [0, 0.05) is 5.92 Å². The molecule has 0 saturated heterocycles. The monoisotopic (exact) mass is 231 g/mol. The molecule has 0 aromatic carbocycles. The van der Waals surface area contributed by atoms with Gasteiger partial charge in [0.15, 0.2) is 0 Å². The maximum atomic E-state index is 11.0. The molecule has 1 aliphatic carbocycles. The van der Waals surface area contributed by atoms with Gasteiger partial charge in [-0.3, -0.25) is 14.9 Å². The van der Waals surface area contributed by atoms with Crippen LogP contribution in [0.2, 0.25) is 0 Å². The first-order valence-corrected chi connectivity index (χ1v) is 5.38. The van der Waals surface area contributed by atoms with Crippen molar-refractivity contribution in [1.82, 2.24) is 5.32 Å². The van der Waals surface area contributed by atoms with Crippen LogP contribution < -0.4 is 5.32 Å². The van der Waals surface area contributed by atoms with Gasteiger partial charge in [-0.1, -0.05) is 12.8 Å². The summed E-state index contributed by atoms with van der Waals surface area (Å²) in [6, 6.07) is -0.980. The Morgan fingerprint density at radius 1 is 1.25 bits per heavy atom. The van der Waals surface area contributed by atoms with Crippen molar-refractivity contribution >= 4 is 11.9 Å². The van der Waals surface area contributed by atoms with Crippen LogP contribution in [0.5, 0.6) is 0 Å². The van der Waals surface area contributed by atoms with Gasteiger partial charge in [-0.25, -0.2) is 0 Å². The Kier molecular flexibility index (Phi) is 4.70. The Hall–Kier alpha value is -1.14. The van der Waals surface area contributed by atoms with Gasteiger partial charge < -0.3 is 15.3 Å². The second-order valence-electron chi connectivity index (χ2n) is 4.11. The fraction of sp³-hybridized carbons (Fsp3) is 0.800. The van der Waals surface area contributed by atoms with E-state index < -0.39 is 36.5 Å². The van der Waals surface area contributed by atoms with Crippen LogP contribution in [0.1, 0.15) is 25.7 Å². The summed E-state index contributed by atoms with van der Waals surface area (Å²) >= 11 is 0. The Labute approximate surface area is 93.3 Å². The number of aliphatic hydroxyl groups excluding tert-OH is 1.